The number of carbonyl (C=O) groups is 1. The summed E-state index contributed by atoms with van der Waals surface area (Å²) in [4.78, 5) is 12.4. The summed E-state index contributed by atoms with van der Waals surface area (Å²) in [6, 6.07) is 7.21. The molecule has 0 unspecified atom stereocenters. The predicted molar refractivity (Wildman–Crippen MR) is 69.0 cm³/mol. The van der Waals surface area contributed by atoms with Gasteiger partial charge in [0.25, 0.3) is 5.91 Å². The van der Waals surface area contributed by atoms with E-state index >= 15 is 0 Å². The normalized spacial score (nSPS) is 10.0. The largest absolute Gasteiger partial charge is 0.352 e. The van der Waals surface area contributed by atoms with Gasteiger partial charge in [-0.15, -0.1) is 12.6 Å². The number of rotatable bonds is 5. The van der Waals surface area contributed by atoms with Gasteiger partial charge in [0.05, 0.1) is 0 Å². The minimum atomic E-state index is -0.00978. The zero-order valence-electron chi connectivity index (χ0n) is 8.69. The Kier molecular flexibility index (Phi) is 5.65. The molecular weight excluding hydrogens is 226 g/mol. The Bertz CT molecular complexity index is 311. The van der Waals surface area contributed by atoms with Crippen molar-refractivity contribution in [3.8, 4) is 0 Å². The molecule has 0 aliphatic heterocycles. The third-order valence-electron chi connectivity index (χ3n) is 1.94. The van der Waals surface area contributed by atoms with Gasteiger partial charge in [-0.2, -0.15) is 11.8 Å². The highest BCUT2D eigenvalue weighted by atomic mass is 32.2. The SMILES string of the molecule is CSCCCNC(=O)c1ccc(S)cc1. The topological polar surface area (TPSA) is 29.1 Å². The van der Waals surface area contributed by atoms with Gasteiger partial charge in [0.2, 0.25) is 0 Å². The van der Waals surface area contributed by atoms with E-state index in [1.54, 1.807) is 23.9 Å². The molecule has 1 aromatic carbocycles. The molecule has 0 bridgehead atoms. The number of hydrogen-bond acceptors (Lipinski definition) is 3. The molecule has 0 aliphatic carbocycles. The van der Waals surface area contributed by atoms with Gasteiger partial charge < -0.3 is 5.32 Å². The number of amides is 1. The zero-order chi connectivity index (χ0) is 11.1. The fourth-order valence-electron chi connectivity index (χ4n) is 1.13. The van der Waals surface area contributed by atoms with Crippen LogP contribution in [0.1, 0.15) is 16.8 Å². The Balaban J connectivity index is 2.37. The summed E-state index contributed by atoms with van der Waals surface area (Å²) < 4.78 is 0. The molecule has 1 aromatic rings. The van der Waals surface area contributed by atoms with E-state index in [2.05, 4.69) is 24.2 Å². The molecular formula is C11H15NOS2. The molecule has 1 rings (SSSR count). The third-order valence-corrected chi connectivity index (χ3v) is 2.94. The van der Waals surface area contributed by atoms with Crippen LogP contribution in [0, 0.1) is 0 Å². The number of carbonyl (C=O) groups excluding carboxylic acids is 1. The van der Waals surface area contributed by atoms with Crippen molar-refractivity contribution in [1.29, 1.82) is 0 Å². The third kappa shape index (κ3) is 4.62. The standard InChI is InChI=1S/C11H15NOS2/c1-15-8-2-7-12-11(13)9-3-5-10(14)6-4-9/h3-6,14H,2,7-8H2,1H3,(H,12,13). The van der Waals surface area contributed by atoms with Crippen molar-refractivity contribution >= 4 is 30.3 Å². The van der Waals surface area contributed by atoms with Gasteiger partial charge in [0.1, 0.15) is 0 Å². The first kappa shape index (κ1) is 12.5. The summed E-state index contributed by atoms with van der Waals surface area (Å²) in [6.07, 6.45) is 3.07. The first-order chi connectivity index (χ1) is 7.24. The van der Waals surface area contributed by atoms with Gasteiger partial charge in [-0.3, -0.25) is 4.79 Å². The molecule has 1 N–H and O–H groups in total. The van der Waals surface area contributed by atoms with E-state index < -0.39 is 0 Å². The van der Waals surface area contributed by atoms with E-state index in [1.807, 2.05) is 12.1 Å². The smallest absolute Gasteiger partial charge is 0.251 e. The van der Waals surface area contributed by atoms with Crippen molar-refractivity contribution in [2.24, 2.45) is 0 Å². The van der Waals surface area contributed by atoms with Crippen LogP contribution >= 0.6 is 24.4 Å². The van der Waals surface area contributed by atoms with Crippen LogP contribution in [0.3, 0.4) is 0 Å². The Hall–Kier alpha value is -0.610. The van der Waals surface area contributed by atoms with Gasteiger partial charge in [0.15, 0.2) is 0 Å². The van der Waals surface area contributed by atoms with Crippen molar-refractivity contribution in [3.63, 3.8) is 0 Å². The van der Waals surface area contributed by atoms with Crippen molar-refractivity contribution < 1.29 is 4.79 Å². The second-order valence-corrected chi connectivity index (χ2v) is 4.65. The van der Waals surface area contributed by atoms with E-state index in [9.17, 15) is 4.79 Å². The van der Waals surface area contributed by atoms with Crippen LogP contribution < -0.4 is 5.32 Å². The molecule has 1 amide bonds. The van der Waals surface area contributed by atoms with Crippen LogP contribution in [0.2, 0.25) is 0 Å². The fraction of sp³-hybridized carbons (Fsp3) is 0.364. The van der Waals surface area contributed by atoms with Crippen molar-refractivity contribution in [3.05, 3.63) is 29.8 Å². The van der Waals surface area contributed by atoms with Crippen molar-refractivity contribution in [2.45, 2.75) is 11.3 Å². The molecule has 0 aromatic heterocycles. The molecule has 82 valence electrons. The van der Waals surface area contributed by atoms with Crippen molar-refractivity contribution in [2.75, 3.05) is 18.6 Å². The molecule has 0 fully saturated rings. The molecule has 15 heavy (non-hydrogen) atoms. The lowest BCUT2D eigenvalue weighted by Gasteiger charge is -2.04. The highest BCUT2D eigenvalue weighted by molar-refractivity contribution is 7.98. The van der Waals surface area contributed by atoms with Crippen LogP contribution in [0.25, 0.3) is 0 Å². The lowest BCUT2D eigenvalue weighted by atomic mass is 10.2. The lowest BCUT2D eigenvalue weighted by molar-refractivity contribution is 0.0954. The first-order valence-electron chi connectivity index (χ1n) is 4.80. The summed E-state index contributed by atoms with van der Waals surface area (Å²) in [5, 5.41) is 2.88. The average molecular weight is 241 g/mol. The minimum Gasteiger partial charge on any atom is -0.352 e. The van der Waals surface area contributed by atoms with Gasteiger partial charge >= 0.3 is 0 Å². The van der Waals surface area contributed by atoms with Gasteiger partial charge in [-0.25, -0.2) is 0 Å². The Morgan fingerprint density at radius 2 is 2.07 bits per heavy atom. The Morgan fingerprint density at radius 1 is 1.40 bits per heavy atom. The summed E-state index contributed by atoms with van der Waals surface area (Å²) in [5.41, 5.74) is 0.692. The van der Waals surface area contributed by atoms with Crippen LogP contribution in [-0.2, 0) is 0 Å². The van der Waals surface area contributed by atoms with E-state index in [0.29, 0.717) is 5.56 Å². The number of thiol groups is 1. The van der Waals surface area contributed by atoms with Gasteiger partial charge in [-0.05, 0) is 42.7 Å². The second kappa shape index (κ2) is 6.80. The second-order valence-electron chi connectivity index (χ2n) is 3.15. The maximum atomic E-state index is 11.6. The van der Waals surface area contributed by atoms with Crippen LogP contribution in [0.5, 0.6) is 0 Å². The fourth-order valence-corrected chi connectivity index (χ4v) is 1.72. The monoisotopic (exact) mass is 241 g/mol. The average Bonchev–Trinajstić information content (AvgIpc) is 2.25. The molecule has 0 aliphatic rings. The van der Waals surface area contributed by atoms with Gasteiger partial charge in [-0.1, -0.05) is 0 Å². The van der Waals surface area contributed by atoms with Crippen molar-refractivity contribution in [1.82, 2.24) is 5.32 Å². The zero-order valence-corrected chi connectivity index (χ0v) is 10.4. The summed E-state index contributed by atoms with van der Waals surface area (Å²) in [5.74, 6) is 1.07. The first-order valence-corrected chi connectivity index (χ1v) is 6.64. The Labute approximate surface area is 100 Å². The molecule has 0 heterocycles. The van der Waals surface area contributed by atoms with Crippen LogP contribution in [0.15, 0.2) is 29.2 Å². The van der Waals surface area contributed by atoms with Crippen LogP contribution in [0.4, 0.5) is 0 Å². The quantitative estimate of drug-likeness (QED) is 0.612. The summed E-state index contributed by atoms with van der Waals surface area (Å²) in [7, 11) is 0. The maximum Gasteiger partial charge on any atom is 0.251 e. The molecule has 0 radical (unpaired) electrons. The summed E-state index contributed by atoms with van der Waals surface area (Å²) in [6.45, 7) is 0.738. The highest BCUT2D eigenvalue weighted by Gasteiger charge is 2.03. The number of hydrogen-bond donors (Lipinski definition) is 2. The van der Waals surface area contributed by atoms with E-state index in [4.69, 9.17) is 0 Å². The minimum absolute atomic E-state index is 0.00978. The van der Waals surface area contributed by atoms with E-state index in [0.717, 1.165) is 23.6 Å². The number of nitrogens with one attached hydrogen (secondary N) is 1. The number of thioether (sulfide) groups is 1. The van der Waals surface area contributed by atoms with Gasteiger partial charge in [0, 0.05) is 17.0 Å². The molecule has 0 atom stereocenters. The lowest BCUT2D eigenvalue weighted by Crippen LogP contribution is -2.24. The van der Waals surface area contributed by atoms with E-state index in [-0.39, 0.29) is 5.91 Å². The van der Waals surface area contributed by atoms with Crippen LogP contribution in [-0.4, -0.2) is 24.5 Å². The highest BCUT2D eigenvalue weighted by Crippen LogP contribution is 2.07. The molecule has 0 saturated heterocycles. The predicted octanol–water partition coefficient (Wildman–Crippen LogP) is 2.46. The maximum absolute atomic E-state index is 11.6. The molecule has 0 saturated carbocycles. The summed E-state index contributed by atoms with van der Waals surface area (Å²) >= 11 is 5.95. The number of benzene rings is 1. The van der Waals surface area contributed by atoms with E-state index in [1.165, 1.54) is 0 Å². The molecule has 2 nitrogen and oxygen atoms in total. The molecule has 0 spiro atoms. The Morgan fingerprint density at radius 3 is 2.67 bits per heavy atom. The molecule has 4 heteroatoms.